The number of likely N-dealkylation sites (tertiary alicyclic amines) is 1. The van der Waals surface area contributed by atoms with Gasteiger partial charge in [-0.05, 0) is 58.0 Å². The number of aromatic amines is 2. The van der Waals surface area contributed by atoms with Gasteiger partial charge in [0.25, 0.3) is 5.91 Å². The number of halogens is 1. The molecule has 0 saturated carbocycles. The number of carbonyl (C=O) groups is 2. The van der Waals surface area contributed by atoms with E-state index in [4.69, 9.17) is 17.0 Å². The third kappa shape index (κ3) is 3.95. The molecule has 1 amide bonds. The van der Waals surface area contributed by atoms with Gasteiger partial charge in [-0.15, -0.1) is 0 Å². The quantitative estimate of drug-likeness (QED) is 0.618. The van der Waals surface area contributed by atoms with Crippen LogP contribution in [0.5, 0.6) is 0 Å². The van der Waals surface area contributed by atoms with Crippen LogP contribution in [0.1, 0.15) is 44.0 Å². The summed E-state index contributed by atoms with van der Waals surface area (Å²) in [6.07, 6.45) is 1.36. The van der Waals surface area contributed by atoms with Crippen LogP contribution < -0.4 is 0 Å². The summed E-state index contributed by atoms with van der Waals surface area (Å²) in [7, 11) is 0. The number of carbonyl (C=O) groups excluding carboxylic acids is 2. The Morgan fingerprint density at radius 3 is 2.73 bits per heavy atom. The Morgan fingerprint density at radius 2 is 2.04 bits per heavy atom. The molecule has 2 aromatic rings. The van der Waals surface area contributed by atoms with Gasteiger partial charge in [-0.3, -0.25) is 9.59 Å². The van der Waals surface area contributed by atoms with Crippen molar-refractivity contribution in [1.82, 2.24) is 14.9 Å². The van der Waals surface area contributed by atoms with E-state index in [2.05, 4.69) is 9.97 Å². The molecular weight excluding hydrogens is 357 g/mol. The van der Waals surface area contributed by atoms with Crippen LogP contribution in [0.4, 0.5) is 4.39 Å². The van der Waals surface area contributed by atoms with E-state index in [9.17, 15) is 14.0 Å². The second kappa shape index (κ2) is 6.83. The maximum absolute atomic E-state index is 13.9. The summed E-state index contributed by atoms with van der Waals surface area (Å²) in [5.74, 6) is -1.53. The zero-order valence-electron chi connectivity index (χ0n) is 15.0. The molecule has 1 atom stereocenters. The fraction of sp³-hybridized carbons (Fsp3) is 0.500. The Balaban J connectivity index is 1.84. The molecule has 1 aliphatic heterocycles. The Bertz CT molecular complexity index is 913. The van der Waals surface area contributed by atoms with Crippen molar-refractivity contribution in [2.75, 3.05) is 13.1 Å². The predicted octanol–water partition coefficient (Wildman–Crippen LogP) is 3.56. The van der Waals surface area contributed by atoms with Crippen molar-refractivity contribution in [2.45, 2.75) is 39.2 Å². The number of fused-ring (bicyclic) bond motifs is 1. The third-order valence-electron chi connectivity index (χ3n) is 4.27. The first-order valence-electron chi connectivity index (χ1n) is 8.58. The van der Waals surface area contributed by atoms with Crippen molar-refractivity contribution in [1.29, 1.82) is 0 Å². The van der Waals surface area contributed by atoms with Crippen LogP contribution in [0.25, 0.3) is 11.0 Å². The highest BCUT2D eigenvalue weighted by molar-refractivity contribution is 7.71. The molecule has 140 valence electrons. The molecule has 2 heterocycles. The summed E-state index contributed by atoms with van der Waals surface area (Å²) in [4.78, 5) is 32.6. The number of nitrogens with one attached hydrogen (secondary N) is 2. The number of aromatic nitrogens is 2. The van der Waals surface area contributed by atoms with E-state index in [1.807, 2.05) is 20.8 Å². The largest absolute Gasteiger partial charge is 0.460 e. The van der Waals surface area contributed by atoms with Crippen molar-refractivity contribution in [2.24, 2.45) is 5.92 Å². The topological polar surface area (TPSA) is 78.2 Å². The maximum atomic E-state index is 13.9. The average molecular weight is 379 g/mol. The van der Waals surface area contributed by atoms with Crippen molar-refractivity contribution >= 4 is 35.1 Å². The molecule has 3 rings (SSSR count). The van der Waals surface area contributed by atoms with Gasteiger partial charge in [-0.1, -0.05) is 0 Å². The van der Waals surface area contributed by atoms with Gasteiger partial charge >= 0.3 is 5.97 Å². The molecule has 6 nitrogen and oxygen atoms in total. The number of imidazole rings is 1. The summed E-state index contributed by atoms with van der Waals surface area (Å²) < 4.78 is 19.7. The van der Waals surface area contributed by atoms with Gasteiger partial charge in [-0.25, -0.2) is 4.39 Å². The molecule has 0 aliphatic carbocycles. The molecule has 26 heavy (non-hydrogen) atoms. The Hall–Kier alpha value is -2.22. The lowest BCUT2D eigenvalue weighted by molar-refractivity contribution is -0.161. The van der Waals surface area contributed by atoms with Crippen LogP contribution >= 0.6 is 12.2 Å². The zero-order chi connectivity index (χ0) is 19.1. The molecule has 1 aliphatic rings. The summed E-state index contributed by atoms with van der Waals surface area (Å²) in [5.41, 5.74) is 0.551. The van der Waals surface area contributed by atoms with Crippen molar-refractivity contribution in [3.63, 3.8) is 0 Å². The number of H-pyrrole nitrogens is 2. The highest BCUT2D eigenvalue weighted by Crippen LogP contribution is 2.25. The number of rotatable bonds is 2. The molecule has 8 heteroatoms. The van der Waals surface area contributed by atoms with Crippen molar-refractivity contribution in [3.05, 3.63) is 28.3 Å². The van der Waals surface area contributed by atoms with Gasteiger partial charge in [-0.2, -0.15) is 0 Å². The van der Waals surface area contributed by atoms with Crippen molar-refractivity contribution in [3.8, 4) is 0 Å². The Labute approximate surface area is 155 Å². The Morgan fingerprint density at radius 1 is 1.31 bits per heavy atom. The van der Waals surface area contributed by atoms with E-state index in [0.29, 0.717) is 35.2 Å². The van der Waals surface area contributed by atoms with Crippen molar-refractivity contribution < 1.29 is 18.7 Å². The molecule has 1 saturated heterocycles. The minimum Gasteiger partial charge on any atom is -0.460 e. The molecule has 0 unspecified atom stereocenters. The zero-order valence-corrected chi connectivity index (χ0v) is 15.8. The number of nitrogens with zero attached hydrogens (tertiary/aromatic N) is 1. The maximum Gasteiger partial charge on any atom is 0.311 e. The van der Waals surface area contributed by atoms with E-state index in [0.717, 1.165) is 0 Å². The van der Waals surface area contributed by atoms with E-state index < -0.39 is 11.4 Å². The van der Waals surface area contributed by atoms with Gasteiger partial charge in [0.1, 0.15) is 11.4 Å². The van der Waals surface area contributed by atoms with Gasteiger partial charge in [0.05, 0.1) is 22.5 Å². The first kappa shape index (κ1) is 18.6. The van der Waals surface area contributed by atoms with E-state index in [1.54, 1.807) is 4.90 Å². The van der Waals surface area contributed by atoms with Gasteiger partial charge in [0.15, 0.2) is 4.77 Å². The van der Waals surface area contributed by atoms with Crippen LogP contribution in [-0.2, 0) is 9.53 Å². The first-order valence-corrected chi connectivity index (χ1v) is 8.98. The molecule has 1 aromatic heterocycles. The van der Waals surface area contributed by atoms with Crippen LogP contribution in [0.3, 0.4) is 0 Å². The number of piperidine rings is 1. The van der Waals surface area contributed by atoms with Crippen LogP contribution in [0, 0.1) is 16.5 Å². The number of hydrogen-bond donors (Lipinski definition) is 2. The van der Waals surface area contributed by atoms with Crippen LogP contribution in [0.2, 0.25) is 0 Å². The number of hydrogen-bond acceptors (Lipinski definition) is 4. The van der Waals surface area contributed by atoms with E-state index in [1.165, 1.54) is 12.1 Å². The lowest BCUT2D eigenvalue weighted by Crippen LogP contribution is -2.44. The molecule has 2 N–H and O–H groups in total. The number of esters is 1. The average Bonchev–Trinajstić information content (AvgIpc) is 2.92. The normalized spacial score (nSPS) is 18.2. The van der Waals surface area contributed by atoms with Gasteiger partial charge in [0.2, 0.25) is 0 Å². The second-order valence-electron chi connectivity index (χ2n) is 7.58. The third-order valence-corrected chi connectivity index (χ3v) is 4.47. The number of amides is 1. The Kier molecular flexibility index (Phi) is 4.88. The fourth-order valence-corrected chi connectivity index (χ4v) is 3.40. The fourth-order valence-electron chi connectivity index (χ4n) is 3.19. The van der Waals surface area contributed by atoms with Gasteiger partial charge in [0, 0.05) is 13.1 Å². The lowest BCUT2D eigenvalue weighted by atomic mass is 9.97. The summed E-state index contributed by atoms with van der Waals surface area (Å²) in [5, 5.41) is 0. The molecule has 0 spiro atoms. The first-order chi connectivity index (χ1) is 12.1. The summed E-state index contributed by atoms with van der Waals surface area (Å²) in [6, 6.07) is 2.49. The highest BCUT2D eigenvalue weighted by atomic mass is 32.1. The number of ether oxygens (including phenoxy) is 1. The summed E-state index contributed by atoms with van der Waals surface area (Å²) in [6.45, 7) is 6.22. The monoisotopic (exact) mass is 379 g/mol. The second-order valence-corrected chi connectivity index (χ2v) is 7.99. The standard InChI is InChI=1S/C18H22FN3O3S/c1-18(2,3)25-16(24)10-5-4-6-22(9-10)15(23)12-7-11(19)8-13-14(12)21-17(26)20-13/h7-8,10H,4-6,9H2,1-3H3,(H2,20,21,26)/t10-/m0/s1. The SMILES string of the molecule is CC(C)(C)OC(=O)[C@H]1CCCN(C(=O)c2cc(F)cc3[nH]c(=S)[nH]c23)C1. The molecule has 0 bridgehead atoms. The minimum absolute atomic E-state index is 0.206. The van der Waals surface area contributed by atoms with E-state index in [-0.39, 0.29) is 29.9 Å². The minimum atomic E-state index is -0.571. The molecule has 1 fully saturated rings. The number of benzene rings is 1. The van der Waals surface area contributed by atoms with Crippen LogP contribution in [-0.4, -0.2) is 45.4 Å². The smallest absolute Gasteiger partial charge is 0.311 e. The summed E-state index contributed by atoms with van der Waals surface area (Å²) >= 11 is 5.04. The van der Waals surface area contributed by atoms with Gasteiger partial charge < -0.3 is 19.6 Å². The predicted molar refractivity (Wildman–Crippen MR) is 97.9 cm³/mol. The van der Waals surface area contributed by atoms with Crippen LogP contribution in [0.15, 0.2) is 12.1 Å². The highest BCUT2D eigenvalue weighted by Gasteiger charge is 2.32. The molecular formula is C18H22FN3O3S. The lowest BCUT2D eigenvalue weighted by Gasteiger charge is -2.33. The van der Waals surface area contributed by atoms with E-state index >= 15 is 0 Å². The molecule has 1 aromatic carbocycles. The molecule has 0 radical (unpaired) electrons.